The van der Waals surface area contributed by atoms with Gasteiger partial charge in [-0.15, -0.1) is 0 Å². The molecule has 0 amide bonds. The van der Waals surface area contributed by atoms with E-state index in [1.807, 2.05) is 0 Å². The zero-order chi connectivity index (χ0) is 14.3. The van der Waals surface area contributed by atoms with Crippen molar-refractivity contribution in [3.8, 4) is 11.5 Å². The number of fused-ring (bicyclic) bond motifs is 2. The van der Waals surface area contributed by atoms with Gasteiger partial charge in [-0.25, -0.2) is 0 Å². The summed E-state index contributed by atoms with van der Waals surface area (Å²) in [5.74, 6) is 0.191. The molecule has 20 heavy (non-hydrogen) atoms. The lowest BCUT2D eigenvalue weighted by Crippen LogP contribution is -2.04. The highest BCUT2D eigenvalue weighted by molar-refractivity contribution is 6.36. The molecule has 0 saturated carbocycles. The molecule has 0 spiro atoms. The first-order valence-corrected chi connectivity index (χ1v) is 6.61. The fraction of sp³-hybridized carbons (Fsp3) is 0.357. The van der Waals surface area contributed by atoms with Gasteiger partial charge in [0.25, 0.3) is 0 Å². The first-order chi connectivity index (χ1) is 9.60. The minimum atomic E-state index is -2.91. The third-order valence-electron chi connectivity index (χ3n) is 3.44. The summed E-state index contributed by atoms with van der Waals surface area (Å²) in [5, 5.41) is 1.33. The maximum Gasteiger partial charge on any atom is 0.387 e. The van der Waals surface area contributed by atoms with Crippen LogP contribution in [0.3, 0.4) is 0 Å². The van der Waals surface area contributed by atoms with Gasteiger partial charge < -0.3 is 9.47 Å². The van der Waals surface area contributed by atoms with E-state index in [0.717, 1.165) is 30.5 Å². The number of aryl methyl sites for hydroxylation is 1. The van der Waals surface area contributed by atoms with E-state index >= 15 is 0 Å². The summed E-state index contributed by atoms with van der Waals surface area (Å²) in [5.41, 5.74) is 2.53. The number of nitrogens with zero attached hydrogens (tertiary/aromatic N) is 1. The number of hydrogen-bond donors (Lipinski definition) is 0. The van der Waals surface area contributed by atoms with E-state index in [4.69, 9.17) is 16.3 Å². The van der Waals surface area contributed by atoms with Crippen LogP contribution in [0.15, 0.2) is 12.1 Å². The molecule has 1 aromatic carbocycles. The monoisotopic (exact) mass is 299 g/mol. The minimum absolute atomic E-state index is 0.0310. The standard InChI is InChI=1S/C14H12ClF2NO2/c1-19-11-5-8-10(6-12(11)20-14(16)17)18-9-4-2-3-7(9)13(8)15/h5-6,14H,2-4H2,1H3. The molecule has 6 heteroatoms. The van der Waals surface area contributed by atoms with Crippen molar-refractivity contribution in [3.05, 3.63) is 28.4 Å². The third-order valence-corrected chi connectivity index (χ3v) is 3.88. The van der Waals surface area contributed by atoms with Crippen molar-refractivity contribution in [2.45, 2.75) is 25.9 Å². The number of halogens is 3. The van der Waals surface area contributed by atoms with Crippen LogP contribution >= 0.6 is 11.6 Å². The van der Waals surface area contributed by atoms with Crippen LogP contribution in [0.4, 0.5) is 8.78 Å². The van der Waals surface area contributed by atoms with Crippen LogP contribution in [-0.4, -0.2) is 18.7 Å². The lowest BCUT2D eigenvalue weighted by Gasteiger charge is -2.13. The predicted octanol–water partition coefficient (Wildman–Crippen LogP) is 3.99. The number of rotatable bonds is 3. The molecular formula is C14H12ClF2NO2. The Morgan fingerprint density at radius 2 is 2.05 bits per heavy atom. The summed E-state index contributed by atoms with van der Waals surface area (Å²) < 4.78 is 34.4. The summed E-state index contributed by atoms with van der Waals surface area (Å²) in [4.78, 5) is 4.50. The van der Waals surface area contributed by atoms with Crippen molar-refractivity contribution < 1.29 is 18.3 Å². The normalized spacial score (nSPS) is 13.8. The summed E-state index contributed by atoms with van der Waals surface area (Å²) in [6.45, 7) is -2.91. The van der Waals surface area contributed by atoms with E-state index in [1.165, 1.54) is 13.2 Å². The van der Waals surface area contributed by atoms with E-state index in [-0.39, 0.29) is 11.5 Å². The smallest absolute Gasteiger partial charge is 0.387 e. The van der Waals surface area contributed by atoms with Crippen LogP contribution in [0, 0.1) is 0 Å². The van der Waals surface area contributed by atoms with E-state index < -0.39 is 6.61 Å². The molecule has 0 fully saturated rings. The molecule has 3 rings (SSSR count). The van der Waals surface area contributed by atoms with E-state index in [1.54, 1.807) is 6.07 Å². The number of methoxy groups -OCH3 is 1. The fourth-order valence-electron chi connectivity index (χ4n) is 2.56. The van der Waals surface area contributed by atoms with Gasteiger partial charge in [-0.3, -0.25) is 4.98 Å². The van der Waals surface area contributed by atoms with Crippen molar-refractivity contribution in [2.75, 3.05) is 7.11 Å². The second-order valence-electron chi connectivity index (χ2n) is 4.60. The largest absolute Gasteiger partial charge is 0.493 e. The van der Waals surface area contributed by atoms with Gasteiger partial charge in [-0.05, 0) is 30.9 Å². The molecule has 106 valence electrons. The number of hydrogen-bond acceptors (Lipinski definition) is 3. The Kier molecular flexibility index (Phi) is 3.38. The first kappa shape index (κ1) is 13.4. The molecule has 0 aliphatic heterocycles. The van der Waals surface area contributed by atoms with Crippen LogP contribution in [0.5, 0.6) is 11.5 Å². The molecule has 2 aromatic rings. The number of benzene rings is 1. The highest BCUT2D eigenvalue weighted by Gasteiger charge is 2.21. The number of pyridine rings is 1. The van der Waals surface area contributed by atoms with Gasteiger partial charge >= 0.3 is 6.61 Å². The van der Waals surface area contributed by atoms with Gasteiger partial charge in [-0.1, -0.05) is 11.6 Å². The molecule has 3 nitrogen and oxygen atoms in total. The summed E-state index contributed by atoms with van der Waals surface area (Å²) in [6.07, 6.45) is 2.77. The van der Waals surface area contributed by atoms with Gasteiger partial charge in [0.05, 0.1) is 17.6 Å². The maximum atomic E-state index is 12.4. The average molecular weight is 300 g/mol. The molecule has 0 atom stereocenters. The molecule has 1 aliphatic carbocycles. The Bertz CT molecular complexity index is 676. The molecule has 1 heterocycles. The Hall–Kier alpha value is -1.62. The maximum absolute atomic E-state index is 12.4. The molecule has 0 radical (unpaired) electrons. The molecule has 0 N–H and O–H groups in total. The number of ether oxygens (including phenoxy) is 2. The van der Waals surface area contributed by atoms with Crippen molar-refractivity contribution >= 4 is 22.5 Å². The van der Waals surface area contributed by atoms with Crippen LogP contribution in [0.25, 0.3) is 10.9 Å². The molecule has 1 aromatic heterocycles. The van der Waals surface area contributed by atoms with Gasteiger partial charge in [0.1, 0.15) is 0 Å². The third kappa shape index (κ3) is 2.16. The van der Waals surface area contributed by atoms with Crippen LogP contribution < -0.4 is 9.47 Å². The summed E-state index contributed by atoms with van der Waals surface area (Å²) in [6, 6.07) is 3.05. The highest BCUT2D eigenvalue weighted by Crippen LogP contribution is 2.39. The lowest BCUT2D eigenvalue weighted by atomic mass is 10.1. The van der Waals surface area contributed by atoms with Gasteiger partial charge in [0.15, 0.2) is 11.5 Å². The van der Waals surface area contributed by atoms with Crippen LogP contribution in [0.1, 0.15) is 17.7 Å². The van der Waals surface area contributed by atoms with Gasteiger partial charge in [-0.2, -0.15) is 8.78 Å². The first-order valence-electron chi connectivity index (χ1n) is 6.24. The lowest BCUT2D eigenvalue weighted by molar-refractivity contribution is -0.0511. The highest BCUT2D eigenvalue weighted by atomic mass is 35.5. The number of alkyl halides is 2. The second-order valence-corrected chi connectivity index (χ2v) is 4.98. The molecule has 0 unspecified atom stereocenters. The zero-order valence-corrected chi connectivity index (χ0v) is 11.5. The Labute approximate surface area is 119 Å². The zero-order valence-electron chi connectivity index (χ0n) is 10.8. The molecule has 0 saturated heterocycles. The average Bonchev–Trinajstić information content (AvgIpc) is 2.86. The van der Waals surface area contributed by atoms with Gasteiger partial charge in [0.2, 0.25) is 0 Å². The van der Waals surface area contributed by atoms with E-state index in [2.05, 4.69) is 9.72 Å². The topological polar surface area (TPSA) is 31.4 Å². The Balaban J connectivity index is 2.22. The fourth-order valence-corrected chi connectivity index (χ4v) is 2.92. The van der Waals surface area contributed by atoms with Crippen LogP contribution in [0.2, 0.25) is 5.02 Å². The van der Waals surface area contributed by atoms with Crippen molar-refractivity contribution in [3.63, 3.8) is 0 Å². The second kappa shape index (κ2) is 5.05. The van der Waals surface area contributed by atoms with Crippen molar-refractivity contribution in [1.29, 1.82) is 0 Å². The molecular weight excluding hydrogens is 288 g/mol. The van der Waals surface area contributed by atoms with Crippen molar-refractivity contribution in [1.82, 2.24) is 4.98 Å². The Morgan fingerprint density at radius 1 is 1.25 bits per heavy atom. The summed E-state index contributed by atoms with van der Waals surface area (Å²) in [7, 11) is 1.40. The molecule has 0 bridgehead atoms. The van der Waals surface area contributed by atoms with E-state index in [9.17, 15) is 8.78 Å². The number of aromatic nitrogens is 1. The molecule has 1 aliphatic rings. The predicted molar refractivity (Wildman–Crippen MR) is 72.0 cm³/mol. The minimum Gasteiger partial charge on any atom is -0.493 e. The van der Waals surface area contributed by atoms with Crippen molar-refractivity contribution in [2.24, 2.45) is 0 Å². The van der Waals surface area contributed by atoms with E-state index in [0.29, 0.717) is 15.9 Å². The van der Waals surface area contributed by atoms with Crippen LogP contribution in [-0.2, 0) is 12.8 Å². The Morgan fingerprint density at radius 3 is 2.75 bits per heavy atom. The quantitative estimate of drug-likeness (QED) is 0.859. The summed E-state index contributed by atoms with van der Waals surface area (Å²) >= 11 is 6.39. The SMILES string of the molecule is COc1cc2c(Cl)c3c(nc2cc1OC(F)F)CCC3. The van der Waals surface area contributed by atoms with Gasteiger partial charge in [0, 0.05) is 17.1 Å².